The topological polar surface area (TPSA) is 82.2 Å². The molecule has 1 atom stereocenters. The number of aromatic amines is 1. The highest BCUT2D eigenvalue weighted by Crippen LogP contribution is 2.17. The summed E-state index contributed by atoms with van der Waals surface area (Å²) in [6, 6.07) is 5.04. The van der Waals surface area contributed by atoms with Gasteiger partial charge in [0.1, 0.15) is 5.82 Å². The van der Waals surface area contributed by atoms with Crippen LogP contribution in [0.5, 0.6) is 0 Å². The lowest BCUT2D eigenvalue weighted by molar-refractivity contribution is 0.0818. The number of aromatic nitrogens is 1. The number of pyridine rings is 1. The number of amides is 1. The fourth-order valence-corrected chi connectivity index (χ4v) is 2.71. The summed E-state index contributed by atoms with van der Waals surface area (Å²) >= 11 is 0. The third-order valence-electron chi connectivity index (χ3n) is 4.11. The zero-order valence-electron chi connectivity index (χ0n) is 13.2. The van der Waals surface area contributed by atoms with E-state index in [0.29, 0.717) is 5.39 Å². The minimum absolute atomic E-state index is 0.111. The van der Waals surface area contributed by atoms with Gasteiger partial charge in [-0.1, -0.05) is 26.7 Å². The molecule has 1 heterocycles. The fraction of sp³-hybridized carbons (Fsp3) is 0.412. The molecule has 5 nitrogen and oxygen atoms in total. The van der Waals surface area contributed by atoms with E-state index in [1.54, 1.807) is 0 Å². The van der Waals surface area contributed by atoms with Gasteiger partial charge in [-0.3, -0.25) is 9.59 Å². The molecule has 0 aliphatic rings. The molecule has 0 spiro atoms. The van der Waals surface area contributed by atoms with Gasteiger partial charge in [0, 0.05) is 18.0 Å². The monoisotopic (exact) mass is 320 g/mol. The fourth-order valence-electron chi connectivity index (χ4n) is 2.71. The third kappa shape index (κ3) is 3.96. The van der Waals surface area contributed by atoms with Gasteiger partial charge in [0.2, 0.25) is 5.56 Å². The van der Waals surface area contributed by atoms with Crippen molar-refractivity contribution in [1.29, 1.82) is 0 Å². The number of benzene rings is 1. The minimum atomic E-state index is -0.639. The third-order valence-corrected chi connectivity index (χ3v) is 4.11. The Hall–Kier alpha value is -2.21. The molecule has 1 amide bonds. The van der Waals surface area contributed by atoms with Gasteiger partial charge in [-0.05, 0) is 24.1 Å². The molecule has 1 unspecified atom stereocenters. The number of halogens is 1. The van der Waals surface area contributed by atoms with Crippen LogP contribution in [0, 0.1) is 11.7 Å². The number of H-pyrrole nitrogens is 1. The number of carbonyl (C=O) groups is 1. The van der Waals surface area contributed by atoms with E-state index in [4.69, 9.17) is 0 Å². The van der Waals surface area contributed by atoms with Gasteiger partial charge in [-0.15, -0.1) is 0 Å². The van der Waals surface area contributed by atoms with Crippen LogP contribution in [0.25, 0.3) is 10.9 Å². The van der Waals surface area contributed by atoms with Crippen molar-refractivity contribution in [1.82, 2.24) is 10.3 Å². The van der Waals surface area contributed by atoms with Crippen LogP contribution in [0.4, 0.5) is 4.39 Å². The van der Waals surface area contributed by atoms with Crippen LogP contribution in [0.15, 0.2) is 29.1 Å². The van der Waals surface area contributed by atoms with E-state index >= 15 is 0 Å². The molecule has 0 aliphatic carbocycles. The molecule has 0 saturated heterocycles. The van der Waals surface area contributed by atoms with E-state index in [2.05, 4.69) is 10.3 Å². The zero-order chi connectivity index (χ0) is 17.0. The quantitative estimate of drug-likeness (QED) is 0.763. The van der Waals surface area contributed by atoms with E-state index in [-0.39, 0.29) is 23.5 Å². The smallest absolute Gasteiger partial charge is 0.252 e. The Balaban J connectivity index is 2.23. The van der Waals surface area contributed by atoms with Gasteiger partial charge < -0.3 is 15.4 Å². The van der Waals surface area contributed by atoms with Crippen molar-refractivity contribution in [2.24, 2.45) is 5.92 Å². The molecular formula is C17H21FN2O3. The Labute approximate surface area is 133 Å². The van der Waals surface area contributed by atoms with Crippen molar-refractivity contribution in [3.63, 3.8) is 0 Å². The van der Waals surface area contributed by atoms with Gasteiger partial charge in [0.05, 0.1) is 17.2 Å². The van der Waals surface area contributed by atoms with Crippen molar-refractivity contribution in [2.75, 3.05) is 6.54 Å². The molecule has 1 aromatic carbocycles. The molecular weight excluding hydrogens is 299 g/mol. The van der Waals surface area contributed by atoms with Crippen molar-refractivity contribution in [3.05, 3.63) is 46.0 Å². The average Bonchev–Trinajstić information content (AvgIpc) is 2.52. The first-order valence-corrected chi connectivity index (χ1v) is 7.75. The second kappa shape index (κ2) is 7.37. The first-order valence-electron chi connectivity index (χ1n) is 7.75. The summed E-state index contributed by atoms with van der Waals surface area (Å²) in [5.74, 6) is -0.840. The van der Waals surface area contributed by atoms with Gasteiger partial charge >= 0.3 is 0 Å². The maximum atomic E-state index is 13.3. The maximum Gasteiger partial charge on any atom is 0.252 e. The van der Waals surface area contributed by atoms with E-state index in [1.165, 1.54) is 24.3 Å². The number of hydrogen-bond donors (Lipinski definition) is 3. The van der Waals surface area contributed by atoms with Crippen LogP contribution in [-0.4, -0.2) is 28.6 Å². The molecule has 124 valence electrons. The standard InChI is InChI=1S/C17H21FN2O3/c1-3-10(4-2)15(21)9-19-17(23)13-8-16(22)20-14-7-11(18)5-6-12(13)14/h5-8,10,15,21H,3-4,9H2,1-2H3,(H,19,23)(H,20,22). The largest absolute Gasteiger partial charge is 0.391 e. The molecule has 0 radical (unpaired) electrons. The molecule has 2 rings (SSSR count). The Morgan fingerprint density at radius 3 is 2.65 bits per heavy atom. The van der Waals surface area contributed by atoms with E-state index in [9.17, 15) is 19.1 Å². The first-order chi connectivity index (χ1) is 11.0. The number of fused-ring (bicyclic) bond motifs is 1. The van der Waals surface area contributed by atoms with Crippen molar-refractivity contribution >= 4 is 16.8 Å². The lowest BCUT2D eigenvalue weighted by Gasteiger charge is -2.20. The number of hydrogen-bond acceptors (Lipinski definition) is 3. The summed E-state index contributed by atoms with van der Waals surface area (Å²) in [6.45, 7) is 4.08. The summed E-state index contributed by atoms with van der Waals surface area (Å²) in [7, 11) is 0. The van der Waals surface area contributed by atoms with E-state index in [1.807, 2.05) is 13.8 Å². The SMILES string of the molecule is CCC(CC)C(O)CNC(=O)c1cc(=O)[nH]c2cc(F)ccc12. The number of aliphatic hydroxyl groups is 1. The lowest BCUT2D eigenvalue weighted by atomic mass is 9.96. The minimum Gasteiger partial charge on any atom is -0.391 e. The summed E-state index contributed by atoms with van der Waals surface area (Å²) in [5, 5.41) is 13.2. The molecule has 1 aromatic heterocycles. The highest BCUT2D eigenvalue weighted by atomic mass is 19.1. The number of carbonyl (C=O) groups excluding carboxylic acids is 1. The number of nitrogens with one attached hydrogen (secondary N) is 2. The van der Waals surface area contributed by atoms with Crippen molar-refractivity contribution < 1.29 is 14.3 Å². The van der Waals surface area contributed by atoms with Gasteiger partial charge in [-0.25, -0.2) is 4.39 Å². The van der Waals surface area contributed by atoms with Gasteiger partial charge in [0.25, 0.3) is 5.91 Å². The molecule has 0 bridgehead atoms. The van der Waals surface area contributed by atoms with Crippen LogP contribution in [0.3, 0.4) is 0 Å². The molecule has 0 fully saturated rings. The summed E-state index contributed by atoms with van der Waals surface area (Å²) in [4.78, 5) is 26.5. The average molecular weight is 320 g/mol. The highest BCUT2D eigenvalue weighted by Gasteiger charge is 2.18. The summed E-state index contributed by atoms with van der Waals surface area (Å²) in [6.07, 6.45) is 1.00. The van der Waals surface area contributed by atoms with Crippen LogP contribution in [0.1, 0.15) is 37.0 Å². The Morgan fingerprint density at radius 2 is 2.00 bits per heavy atom. The maximum absolute atomic E-state index is 13.3. The Kier molecular flexibility index (Phi) is 5.50. The summed E-state index contributed by atoms with van der Waals surface area (Å²) in [5.41, 5.74) is -0.0440. The first kappa shape index (κ1) is 17.1. The molecule has 2 aromatic rings. The second-order valence-corrected chi connectivity index (χ2v) is 5.59. The van der Waals surface area contributed by atoms with Crippen molar-refractivity contribution in [3.8, 4) is 0 Å². The lowest BCUT2D eigenvalue weighted by Crippen LogP contribution is -2.36. The zero-order valence-corrected chi connectivity index (χ0v) is 13.2. The van der Waals surface area contributed by atoms with Crippen LogP contribution in [0.2, 0.25) is 0 Å². The summed E-state index contributed by atoms with van der Waals surface area (Å²) < 4.78 is 13.3. The van der Waals surface area contributed by atoms with E-state index in [0.717, 1.165) is 12.8 Å². The van der Waals surface area contributed by atoms with Crippen molar-refractivity contribution in [2.45, 2.75) is 32.8 Å². The number of aliphatic hydroxyl groups excluding tert-OH is 1. The molecule has 23 heavy (non-hydrogen) atoms. The van der Waals surface area contributed by atoms with Gasteiger partial charge in [0.15, 0.2) is 0 Å². The number of rotatable bonds is 6. The molecule has 6 heteroatoms. The highest BCUT2D eigenvalue weighted by molar-refractivity contribution is 6.05. The molecule has 3 N–H and O–H groups in total. The van der Waals surface area contributed by atoms with Crippen LogP contribution >= 0.6 is 0 Å². The van der Waals surface area contributed by atoms with Crippen LogP contribution < -0.4 is 10.9 Å². The molecule has 0 aliphatic heterocycles. The van der Waals surface area contributed by atoms with Gasteiger partial charge in [-0.2, -0.15) is 0 Å². The van der Waals surface area contributed by atoms with E-state index < -0.39 is 23.4 Å². The second-order valence-electron chi connectivity index (χ2n) is 5.59. The Bertz CT molecular complexity index is 753. The molecule has 0 saturated carbocycles. The van der Waals surface area contributed by atoms with Crippen LogP contribution in [-0.2, 0) is 0 Å². The predicted octanol–water partition coefficient (Wildman–Crippen LogP) is 2.19. The predicted molar refractivity (Wildman–Crippen MR) is 86.9 cm³/mol. The Morgan fingerprint density at radius 1 is 1.30 bits per heavy atom. The normalized spacial score (nSPS) is 12.6.